The van der Waals surface area contributed by atoms with Crippen molar-refractivity contribution in [2.45, 2.75) is 0 Å². The summed E-state index contributed by atoms with van der Waals surface area (Å²) in [5, 5.41) is 8.92. The number of hydrogen-bond acceptors (Lipinski definition) is 6. The van der Waals surface area contributed by atoms with Gasteiger partial charge >= 0.3 is 11.9 Å². The molecule has 2 aromatic rings. The van der Waals surface area contributed by atoms with Crippen LogP contribution in [-0.4, -0.2) is 34.1 Å². The third-order valence-electron chi connectivity index (χ3n) is 2.36. The van der Waals surface area contributed by atoms with E-state index in [9.17, 15) is 9.59 Å². The normalized spacial score (nSPS) is 9.85. The predicted octanol–water partition coefficient (Wildman–Crippen LogP) is 1.40. The molecular formula is C13H10N2O5. The highest BCUT2D eigenvalue weighted by Gasteiger charge is 2.21. The second-order valence-corrected chi connectivity index (χ2v) is 3.62. The van der Waals surface area contributed by atoms with Crippen molar-refractivity contribution >= 4 is 11.9 Å². The van der Waals surface area contributed by atoms with Crippen molar-refractivity contribution < 1.29 is 24.2 Å². The van der Waals surface area contributed by atoms with Gasteiger partial charge in [-0.05, 0) is 24.3 Å². The molecule has 1 aromatic carbocycles. The van der Waals surface area contributed by atoms with Crippen LogP contribution in [0, 0.1) is 0 Å². The fraction of sp³-hybridized carbons (Fsp3) is 0.0769. The molecule has 20 heavy (non-hydrogen) atoms. The summed E-state index contributed by atoms with van der Waals surface area (Å²) in [5.74, 6) is -1.38. The van der Waals surface area contributed by atoms with Crippen LogP contribution in [0.5, 0.6) is 11.5 Å². The number of aromatic nitrogens is 2. The number of aromatic carboxylic acids is 1. The molecule has 0 spiro atoms. The number of methoxy groups -OCH3 is 1. The van der Waals surface area contributed by atoms with Crippen molar-refractivity contribution in [1.82, 2.24) is 9.97 Å². The molecule has 1 N–H and O–H groups in total. The maximum absolute atomic E-state index is 11.9. The monoisotopic (exact) mass is 274 g/mol. The quantitative estimate of drug-likeness (QED) is 0.664. The van der Waals surface area contributed by atoms with Crippen LogP contribution >= 0.6 is 0 Å². The fourth-order valence-electron chi connectivity index (χ4n) is 1.44. The lowest BCUT2D eigenvalue weighted by Gasteiger charge is -2.06. The van der Waals surface area contributed by atoms with E-state index >= 15 is 0 Å². The van der Waals surface area contributed by atoms with Gasteiger partial charge in [-0.1, -0.05) is 0 Å². The highest BCUT2D eigenvalue weighted by Crippen LogP contribution is 2.18. The Morgan fingerprint density at radius 3 is 2.10 bits per heavy atom. The van der Waals surface area contributed by atoms with E-state index in [1.54, 1.807) is 12.1 Å². The van der Waals surface area contributed by atoms with E-state index in [1.807, 2.05) is 0 Å². The van der Waals surface area contributed by atoms with Crippen LogP contribution in [0.25, 0.3) is 0 Å². The van der Waals surface area contributed by atoms with Gasteiger partial charge in [0, 0.05) is 12.4 Å². The molecule has 2 rings (SSSR count). The van der Waals surface area contributed by atoms with Crippen LogP contribution in [0.2, 0.25) is 0 Å². The molecular weight excluding hydrogens is 264 g/mol. The maximum atomic E-state index is 11.9. The van der Waals surface area contributed by atoms with Crippen molar-refractivity contribution in [2.75, 3.05) is 7.11 Å². The van der Waals surface area contributed by atoms with Gasteiger partial charge in [0.1, 0.15) is 11.5 Å². The molecule has 0 aliphatic rings. The van der Waals surface area contributed by atoms with Gasteiger partial charge in [-0.15, -0.1) is 0 Å². The molecule has 0 aliphatic heterocycles. The van der Waals surface area contributed by atoms with Crippen LogP contribution in [-0.2, 0) is 0 Å². The lowest BCUT2D eigenvalue weighted by atomic mass is 10.3. The first kappa shape index (κ1) is 13.5. The Labute approximate surface area is 113 Å². The first-order valence-corrected chi connectivity index (χ1v) is 5.52. The maximum Gasteiger partial charge on any atom is 0.364 e. The van der Waals surface area contributed by atoms with E-state index in [-0.39, 0.29) is 11.4 Å². The number of carbonyl (C=O) groups is 2. The molecule has 102 valence electrons. The van der Waals surface area contributed by atoms with Crippen molar-refractivity contribution in [3.05, 3.63) is 48.0 Å². The minimum Gasteiger partial charge on any atom is -0.497 e. The molecule has 0 fully saturated rings. The van der Waals surface area contributed by atoms with Gasteiger partial charge in [-0.2, -0.15) is 0 Å². The molecule has 7 heteroatoms. The fourth-order valence-corrected chi connectivity index (χ4v) is 1.44. The summed E-state index contributed by atoms with van der Waals surface area (Å²) in [7, 11) is 1.51. The molecule has 0 saturated carbocycles. The number of hydrogen-bond donors (Lipinski definition) is 1. The number of esters is 1. The van der Waals surface area contributed by atoms with Crippen LogP contribution in [0.3, 0.4) is 0 Å². The number of rotatable bonds is 4. The number of benzene rings is 1. The summed E-state index contributed by atoms with van der Waals surface area (Å²) in [6.45, 7) is 0. The van der Waals surface area contributed by atoms with E-state index in [4.69, 9.17) is 14.6 Å². The van der Waals surface area contributed by atoms with Gasteiger partial charge in [0.15, 0.2) is 11.4 Å². The topological polar surface area (TPSA) is 98.6 Å². The van der Waals surface area contributed by atoms with E-state index in [2.05, 4.69) is 9.97 Å². The number of carboxylic acids is 1. The summed E-state index contributed by atoms with van der Waals surface area (Å²) in [4.78, 5) is 30.1. The van der Waals surface area contributed by atoms with Crippen LogP contribution < -0.4 is 9.47 Å². The zero-order valence-corrected chi connectivity index (χ0v) is 10.4. The lowest BCUT2D eigenvalue weighted by molar-refractivity contribution is 0.0657. The molecule has 0 unspecified atom stereocenters. The van der Waals surface area contributed by atoms with E-state index < -0.39 is 17.6 Å². The summed E-state index contributed by atoms with van der Waals surface area (Å²) in [5.41, 5.74) is -0.804. The SMILES string of the molecule is COc1ccc(OC(=O)c2nccnc2C(=O)O)cc1. The van der Waals surface area contributed by atoms with Gasteiger partial charge in [-0.3, -0.25) is 0 Å². The number of nitrogens with zero attached hydrogens (tertiary/aromatic N) is 2. The second-order valence-electron chi connectivity index (χ2n) is 3.62. The Hall–Kier alpha value is -2.96. The molecule has 1 heterocycles. The average molecular weight is 274 g/mol. The van der Waals surface area contributed by atoms with Crippen LogP contribution in [0.15, 0.2) is 36.7 Å². The molecule has 0 aliphatic carbocycles. The zero-order chi connectivity index (χ0) is 14.5. The Morgan fingerprint density at radius 2 is 1.55 bits per heavy atom. The highest BCUT2D eigenvalue weighted by atomic mass is 16.5. The smallest absolute Gasteiger partial charge is 0.364 e. The number of ether oxygens (including phenoxy) is 2. The van der Waals surface area contributed by atoms with E-state index in [0.29, 0.717) is 5.75 Å². The second kappa shape index (κ2) is 5.79. The van der Waals surface area contributed by atoms with E-state index in [0.717, 1.165) is 0 Å². The number of carboxylic acid groups (broad SMARTS) is 1. The average Bonchev–Trinajstić information content (AvgIpc) is 2.48. The van der Waals surface area contributed by atoms with Crippen LogP contribution in [0.4, 0.5) is 0 Å². The molecule has 0 amide bonds. The van der Waals surface area contributed by atoms with Crippen molar-refractivity contribution in [1.29, 1.82) is 0 Å². The first-order chi connectivity index (χ1) is 9.61. The van der Waals surface area contributed by atoms with Gasteiger partial charge in [0.2, 0.25) is 0 Å². The summed E-state index contributed by atoms with van der Waals surface area (Å²) >= 11 is 0. The predicted molar refractivity (Wildman–Crippen MR) is 66.9 cm³/mol. The minimum atomic E-state index is -1.35. The highest BCUT2D eigenvalue weighted by molar-refractivity contribution is 6.00. The zero-order valence-electron chi connectivity index (χ0n) is 10.4. The van der Waals surface area contributed by atoms with Gasteiger partial charge in [0.25, 0.3) is 0 Å². The summed E-state index contributed by atoms with van der Waals surface area (Å²) in [6.07, 6.45) is 2.41. The number of carbonyl (C=O) groups excluding carboxylic acids is 1. The Kier molecular flexibility index (Phi) is 3.90. The van der Waals surface area contributed by atoms with Gasteiger partial charge in [-0.25, -0.2) is 19.6 Å². The van der Waals surface area contributed by atoms with Crippen molar-refractivity contribution in [3.8, 4) is 11.5 Å². The molecule has 0 atom stereocenters. The Balaban J connectivity index is 2.21. The molecule has 1 aromatic heterocycles. The Bertz CT molecular complexity index is 639. The standard InChI is InChI=1S/C13H10N2O5/c1-19-8-2-4-9(5-3-8)20-13(18)11-10(12(16)17)14-6-7-15-11/h2-7H,1H3,(H,16,17). The Morgan fingerprint density at radius 1 is 1.00 bits per heavy atom. The van der Waals surface area contributed by atoms with Gasteiger partial charge < -0.3 is 14.6 Å². The lowest BCUT2D eigenvalue weighted by Crippen LogP contribution is -2.17. The van der Waals surface area contributed by atoms with E-state index in [1.165, 1.54) is 31.6 Å². The molecule has 0 radical (unpaired) electrons. The minimum absolute atomic E-state index is 0.248. The third kappa shape index (κ3) is 2.89. The molecule has 0 saturated heterocycles. The van der Waals surface area contributed by atoms with Gasteiger partial charge in [0.05, 0.1) is 7.11 Å². The van der Waals surface area contributed by atoms with Crippen molar-refractivity contribution in [3.63, 3.8) is 0 Å². The van der Waals surface area contributed by atoms with Crippen molar-refractivity contribution in [2.24, 2.45) is 0 Å². The molecule has 0 bridgehead atoms. The third-order valence-corrected chi connectivity index (χ3v) is 2.36. The first-order valence-electron chi connectivity index (χ1n) is 5.52. The largest absolute Gasteiger partial charge is 0.497 e. The summed E-state index contributed by atoms with van der Waals surface area (Å²) in [6, 6.07) is 6.26. The van der Waals surface area contributed by atoms with Crippen LogP contribution in [0.1, 0.15) is 21.0 Å². The summed E-state index contributed by atoms with van der Waals surface area (Å²) < 4.78 is 10.00. The molecule has 7 nitrogen and oxygen atoms in total.